The van der Waals surface area contributed by atoms with E-state index in [-0.39, 0.29) is 11.9 Å². The van der Waals surface area contributed by atoms with Crippen LogP contribution in [0.5, 0.6) is 0 Å². The minimum absolute atomic E-state index is 0.0272. The number of ether oxygens (including phenoxy) is 1. The second-order valence-electron chi connectivity index (χ2n) is 3.72. The van der Waals surface area contributed by atoms with Gasteiger partial charge in [0.1, 0.15) is 0 Å². The summed E-state index contributed by atoms with van der Waals surface area (Å²) in [6, 6.07) is 0. The maximum atomic E-state index is 11.4. The molecule has 0 aliphatic heterocycles. The van der Waals surface area contributed by atoms with E-state index in [0.29, 0.717) is 19.1 Å². The minimum atomic E-state index is -0.0272. The van der Waals surface area contributed by atoms with E-state index in [9.17, 15) is 4.79 Å². The van der Waals surface area contributed by atoms with Crippen molar-refractivity contribution in [3.8, 4) is 0 Å². The zero-order chi connectivity index (χ0) is 9.68. The third kappa shape index (κ3) is 2.99. The molecule has 0 radical (unpaired) electrons. The standard InChI is InChI=1S/C10H19NO2/c1-2-13-10(12)9-5-3-4-8(6-9)7-11/h8-9H,2-7,11H2,1H3. The Labute approximate surface area is 79.6 Å². The lowest BCUT2D eigenvalue weighted by Crippen LogP contribution is -2.28. The number of nitrogens with two attached hydrogens (primary N) is 1. The number of carbonyl (C=O) groups excluding carboxylic acids is 1. The van der Waals surface area contributed by atoms with Crippen molar-refractivity contribution in [2.24, 2.45) is 17.6 Å². The Balaban J connectivity index is 2.37. The third-order valence-electron chi connectivity index (χ3n) is 2.74. The topological polar surface area (TPSA) is 52.3 Å². The lowest BCUT2D eigenvalue weighted by Gasteiger charge is -2.26. The highest BCUT2D eigenvalue weighted by atomic mass is 16.5. The van der Waals surface area contributed by atoms with Crippen molar-refractivity contribution in [3.63, 3.8) is 0 Å². The van der Waals surface area contributed by atoms with Gasteiger partial charge in [-0.15, -0.1) is 0 Å². The zero-order valence-corrected chi connectivity index (χ0v) is 8.29. The summed E-state index contributed by atoms with van der Waals surface area (Å²) < 4.78 is 4.99. The van der Waals surface area contributed by atoms with Gasteiger partial charge in [0.15, 0.2) is 0 Å². The molecular formula is C10H19NO2. The average molecular weight is 185 g/mol. The van der Waals surface area contributed by atoms with Crippen LogP contribution in [0, 0.1) is 11.8 Å². The molecular weight excluding hydrogens is 166 g/mol. The van der Waals surface area contributed by atoms with Crippen molar-refractivity contribution in [3.05, 3.63) is 0 Å². The summed E-state index contributed by atoms with van der Waals surface area (Å²) in [6.07, 6.45) is 4.20. The van der Waals surface area contributed by atoms with Gasteiger partial charge in [0.25, 0.3) is 0 Å². The Morgan fingerprint density at radius 2 is 2.31 bits per heavy atom. The highest BCUT2D eigenvalue weighted by Gasteiger charge is 2.27. The van der Waals surface area contributed by atoms with E-state index in [0.717, 1.165) is 19.3 Å². The molecule has 1 fully saturated rings. The van der Waals surface area contributed by atoms with Crippen LogP contribution in [0.2, 0.25) is 0 Å². The Morgan fingerprint density at radius 3 is 2.92 bits per heavy atom. The molecule has 0 spiro atoms. The maximum absolute atomic E-state index is 11.4. The molecule has 0 aromatic heterocycles. The van der Waals surface area contributed by atoms with E-state index in [1.54, 1.807) is 0 Å². The molecule has 0 amide bonds. The lowest BCUT2D eigenvalue weighted by atomic mass is 9.81. The maximum Gasteiger partial charge on any atom is 0.308 e. The van der Waals surface area contributed by atoms with Crippen molar-refractivity contribution in [2.45, 2.75) is 32.6 Å². The SMILES string of the molecule is CCOC(=O)C1CCCC(CN)C1. The van der Waals surface area contributed by atoms with Gasteiger partial charge in [0.05, 0.1) is 12.5 Å². The largest absolute Gasteiger partial charge is 0.466 e. The second-order valence-corrected chi connectivity index (χ2v) is 3.72. The molecule has 2 atom stereocenters. The van der Waals surface area contributed by atoms with E-state index < -0.39 is 0 Å². The van der Waals surface area contributed by atoms with E-state index in [2.05, 4.69) is 0 Å². The molecule has 1 saturated carbocycles. The average Bonchev–Trinajstić information content (AvgIpc) is 2.18. The Morgan fingerprint density at radius 1 is 1.54 bits per heavy atom. The van der Waals surface area contributed by atoms with Crippen LogP contribution in [0.4, 0.5) is 0 Å². The van der Waals surface area contributed by atoms with Crippen LogP contribution >= 0.6 is 0 Å². The van der Waals surface area contributed by atoms with Gasteiger partial charge in [-0.3, -0.25) is 4.79 Å². The van der Waals surface area contributed by atoms with Crippen LogP contribution in [-0.2, 0) is 9.53 Å². The number of hydrogen-bond acceptors (Lipinski definition) is 3. The van der Waals surface area contributed by atoms with Crippen molar-refractivity contribution in [2.75, 3.05) is 13.2 Å². The summed E-state index contributed by atoms with van der Waals surface area (Å²) in [4.78, 5) is 11.4. The summed E-state index contributed by atoms with van der Waals surface area (Å²) in [5.41, 5.74) is 5.59. The predicted molar refractivity (Wildman–Crippen MR) is 51.1 cm³/mol. The fraction of sp³-hybridized carbons (Fsp3) is 0.900. The summed E-state index contributed by atoms with van der Waals surface area (Å²) in [5, 5.41) is 0. The van der Waals surface area contributed by atoms with Crippen molar-refractivity contribution >= 4 is 5.97 Å². The van der Waals surface area contributed by atoms with Gasteiger partial charge in [0.2, 0.25) is 0 Å². The van der Waals surface area contributed by atoms with E-state index in [4.69, 9.17) is 10.5 Å². The van der Waals surface area contributed by atoms with Crippen LogP contribution in [0.15, 0.2) is 0 Å². The summed E-state index contributed by atoms with van der Waals surface area (Å²) >= 11 is 0. The quantitative estimate of drug-likeness (QED) is 0.674. The van der Waals surface area contributed by atoms with E-state index in [1.165, 1.54) is 6.42 Å². The first-order valence-electron chi connectivity index (χ1n) is 5.14. The molecule has 0 bridgehead atoms. The van der Waals surface area contributed by atoms with Gasteiger partial charge in [0, 0.05) is 0 Å². The van der Waals surface area contributed by atoms with Gasteiger partial charge in [-0.05, 0) is 38.6 Å². The first-order chi connectivity index (χ1) is 6.27. The molecule has 1 aliphatic carbocycles. The van der Waals surface area contributed by atoms with Crippen LogP contribution < -0.4 is 5.73 Å². The third-order valence-corrected chi connectivity index (χ3v) is 2.74. The van der Waals surface area contributed by atoms with Crippen molar-refractivity contribution in [1.82, 2.24) is 0 Å². The number of rotatable bonds is 3. The van der Waals surface area contributed by atoms with Crippen molar-refractivity contribution in [1.29, 1.82) is 0 Å². The van der Waals surface area contributed by atoms with Gasteiger partial charge in [-0.1, -0.05) is 6.42 Å². The Bertz CT molecular complexity index is 170. The number of hydrogen-bond donors (Lipinski definition) is 1. The number of carbonyl (C=O) groups is 1. The monoisotopic (exact) mass is 185 g/mol. The number of esters is 1. The normalized spacial score (nSPS) is 28.5. The molecule has 0 saturated heterocycles. The van der Waals surface area contributed by atoms with Crippen LogP contribution in [0.1, 0.15) is 32.6 Å². The van der Waals surface area contributed by atoms with Gasteiger partial charge in [-0.2, -0.15) is 0 Å². The van der Waals surface area contributed by atoms with Crippen LogP contribution in [0.25, 0.3) is 0 Å². The first kappa shape index (κ1) is 10.5. The minimum Gasteiger partial charge on any atom is -0.466 e. The van der Waals surface area contributed by atoms with Gasteiger partial charge >= 0.3 is 5.97 Å². The molecule has 0 aromatic rings. The summed E-state index contributed by atoms with van der Waals surface area (Å²) in [5.74, 6) is 0.617. The van der Waals surface area contributed by atoms with Gasteiger partial charge < -0.3 is 10.5 Å². The van der Waals surface area contributed by atoms with Crippen molar-refractivity contribution < 1.29 is 9.53 Å². The molecule has 1 rings (SSSR count). The molecule has 3 heteroatoms. The Hall–Kier alpha value is -0.570. The highest BCUT2D eigenvalue weighted by molar-refractivity contribution is 5.72. The highest BCUT2D eigenvalue weighted by Crippen LogP contribution is 2.29. The van der Waals surface area contributed by atoms with E-state index in [1.807, 2.05) is 6.92 Å². The second kappa shape index (κ2) is 5.22. The molecule has 2 N–H and O–H groups in total. The van der Waals surface area contributed by atoms with E-state index >= 15 is 0 Å². The lowest BCUT2D eigenvalue weighted by molar-refractivity contribution is -0.149. The smallest absolute Gasteiger partial charge is 0.308 e. The molecule has 1 aliphatic rings. The molecule has 76 valence electrons. The fourth-order valence-corrected chi connectivity index (χ4v) is 1.98. The fourth-order valence-electron chi connectivity index (χ4n) is 1.98. The van der Waals surface area contributed by atoms with Crippen LogP contribution in [0.3, 0.4) is 0 Å². The van der Waals surface area contributed by atoms with Gasteiger partial charge in [-0.25, -0.2) is 0 Å². The zero-order valence-electron chi connectivity index (χ0n) is 8.29. The molecule has 0 heterocycles. The predicted octanol–water partition coefficient (Wildman–Crippen LogP) is 1.31. The molecule has 13 heavy (non-hydrogen) atoms. The Kier molecular flexibility index (Phi) is 4.22. The van der Waals surface area contributed by atoms with Crippen LogP contribution in [-0.4, -0.2) is 19.1 Å². The molecule has 2 unspecified atom stereocenters. The summed E-state index contributed by atoms with van der Waals surface area (Å²) in [7, 11) is 0. The summed E-state index contributed by atoms with van der Waals surface area (Å²) in [6.45, 7) is 3.04. The molecule has 3 nitrogen and oxygen atoms in total. The molecule has 0 aromatic carbocycles. The first-order valence-corrected chi connectivity index (χ1v) is 5.14.